The molecule has 0 bridgehead atoms. The second-order valence-corrected chi connectivity index (χ2v) is 6.60. The average molecular weight is 296 g/mol. The van der Waals surface area contributed by atoms with Crippen LogP contribution in [0.2, 0.25) is 0 Å². The topological polar surface area (TPSA) is 49.9 Å². The molecule has 1 amide bonds. The van der Waals surface area contributed by atoms with Crippen molar-refractivity contribution in [2.45, 2.75) is 45.1 Å². The summed E-state index contributed by atoms with van der Waals surface area (Å²) in [6, 6.07) is 0.405. The van der Waals surface area contributed by atoms with E-state index >= 15 is 0 Å². The fourth-order valence-electron chi connectivity index (χ4n) is 3.63. The Bertz CT molecular complexity index is 380. The van der Waals surface area contributed by atoms with Crippen LogP contribution in [0.3, 0.4) is 0 Å². The first-order chi connectivity index (χ1) is 10.0. The zero-order valence-corrected chi connectivity index (χ0v) is 13.5. The minimum Gasteiger partial charge on any atom is -0.469 e. The van der Waals surface area contributed by atoms with Gasteiger partial charge >= 0.3 is 5.97 Å². The van der Waals surface area contributed by atoms with Crippen molar-refractivity contribution in [2.75, 3.05) is 33.8 Å². The van der Waals surface area contributed by atoms with Gasteiger partial charge in [-0.2, -0.15) is 0 Å². The number of likely N-dealkylation sites (N-methyl/N-ethyl adjacent to an activating group) is 1. The third-order valence-corrected chi connectivity index (χ3v) is 5.07. The fourth-order valence-corrected chi connectivity index (χ4v) is 3.63. The van der Waals surface area contributed by atoms with Crippen molar-refractivity contribution in [1.82, 2.24) is 9.80 Å². The van der Waals surface area contributed by atoms with Crippen LogP contribution < -0.4 is 0 Å². The summed E-state index contributed by atoms with van der Waals surface area (Å²) in [5.41, 5.74) is 0. The highest BCUT2D eigenvalue weighted by Crippen LogP contribution is 2.25. The Morgan fingerprint density at radius 1 is 1.19 bits per heavy atom. The normalized spacial score (nSPS) is 27.6. The number of ether oxygens (including phenoxy) is 1. The molecule has 2 unspecified atom stereocenters. The average Bonchev–Trinajstić information content (AvgIpc) is 2.87. The molecule has 2 atom stereocenters. The summed E-state index contributed by atoms with van der Waals surface area (Å²) in [7, 11) is 3.36. The standard InChI is InChI=1S/C16H28N2O3/c1-12-9-18(10-14(12)16(20)21-3)11-15(19)17(2)13-7-5-4-6-8-13/h12-14H,4-11H2,1-3H3. The number of carbonyl (C=O) groups excluding carboxylic acids is 2. The number of hydrogen-bond acceptors (Lipinski definition) is 4. The molecule has 1 aliphatic heterocycles. The van der Waals surface area contributed by atoms with E-state index in [1.165, 1.54) is 26.4 Å². The van der Waals surface area contributed by atoms with Crippen LogP contribution in [0, 0.1) is 11.8 Å². The van der Waals surface area contributed by atoms with Gasteiger partial charge in [-0.3, -0.25) is 14.5 Å². The van der Waals surface area contributed by atoms with Gasteiger partial charge in [-0.25, -0.2) is 0 Å². The number of amides is 1. The van der Waals surface area contributed by atoms with E-state index in [1.807, 2.05) is 11.9 Å². The number of methoxy groups -OCH3 is 1. The molecule has 0 radical (unpaired) electrons. The Morgan fingerprint density at radius 3 is 2.48 bits per heavy atom. The second-order valence-electron chi connectivity index (χ2n) is 6.60. The fraction of sp³-hybridized carbons (Fsp3) is 0.875. The minimum atomic E-state index is -0.155. The molecule has 2 rings (SSSR count). The molecule has 2 fully saturated rings. The second kappa shape index (κ2) is 7.25. The Hall–Kier alpha value is -1.10. The highest BCUT2D eigenvalue weighted by atomic mass is 16.5. The zero-order chi connectivity index (χ0) is 15.4. The Morgan fingerprint density at radius 2 is 1.86 bits per heavy atom. The summed E-state index contributed by atoms with van der Waals surface area (Å²) >= 11 is 0. The molecule has 1 saturated carbocycles. The molecular weight excluding hydrogens is 268 g/mol. The van der Waals surface area contributed by atoms with E-state index < -0.39 is 0 Å². The first kappa shape index (κ1) is 16.3. The van der Waals surface area contributed by atoms with Crippen molar-refractivity contribution in [3.63, 3.8) is 0 Å². The van der Waals surface area contributed by atoms with Gasteiger partial charge in [0.15, 0.2) is 0 Å². The summed E-state index contributed by atoms with van der Waals surface area (Å²) in [5.74, 6) is 0.186. The smallest absolute Gasteiger partial charge is 0.310 e. The molecule has 5 heteroatoms. The maximum atomic E-state index is 12.4. The summed E-state index contributed by atoms with van der Waals surface area (Å²) in [6.45, 7) is 3.91. The van der Waals surface area contributed by atoms with E-state index in [0.29, 0.717) is 19.1 Å². The molecule has 120 valence electrons. The molecule has 0 aromatic carbocycles. The lowest BCUT2D eigenvalue weighted by Crippen LogP contribution is -2.43. The van der Waals surface area contributed by atoms with Gasteiger partial charge in [0, 0.05) is 26.2 Å². The highest BCUT2D eigenvalue weighted by molar-refractivity contribution is 5.79. The van der Waals surface area contributed by atoms with E-state index in [0.717, 1.165) is 19.4 Å². The van der Waals surface area contributed by atoms with E-state index in [4.69, 9.17) is 4.74 Å². The van der Waals surface area contributed by atoms with Crippen LogP contribution in [-0.4, -0.2) is 61.5 Å². The van der Waals surface area contributed by atoms with Gasteiger partial charge in [-0.1, -0.05) is 26.2 Å². The quantitative estimate of drug-likeness (QED) is 0.738. The van der Waals surface area contributed by atoms with Gasteiger partial charge in [0.25, 0.3) is 0 Å². The van der Waals surface area contributed by atoms with E-state index in [-0.39, 0.29) is 23.7 Å². The van der Waals surface area contributed by atoms with Crippen molar-refractivity contribution < 1.29 is 14.3 Å². The molecule has 5 nitrogen and oxygen atoms in total. The molecule has 0 N–H and O–H groups in total. The Kier molecular flexibility index (Phi) is 5.62. The van der Waals surface area contributed by atoms with Crippen LogP contribution in [0.15, 0.2) is 0 Å². The predicted molar refractivity (Wildman–Crippen MR) is 80.8 cm³/mol. The summed E-state index contributed by atoms with van der Waals surface area (Å²) < 4.78 is 4.84. The molecular formula is C16H28N2O3. The van der Waals surface area contributed by atoms with E-state index in [2.05, 4.69) is 11.8 Å². The third-order valence-electron chi connectivity index (χ3n) is 5.07. The van der Waals surface area contributed by atoms with Crippen LogP contribution in [-0.2, 0) is 14.3 Å². The van der Waals surface area contributed by atoms with Gasteiger partial charge in [-0.15, -0.1) is 0 Å². The van der Waals surface area contributed by atoms with Crippen LogP contribution in [0.5, 0.6) is 0 Å². The molecule has 0 spiro atoms. The Labute approximate surface area is 127 Å². The first-order valence-electron chi connectivity index (χ1n) is 8.08. The van der Waals surface area contributed by atoms with Crippen molar-refractivity contribution in [1.29, 1.82) is 0 Å². The van der Waals surface area contributed by atoms with Crippen molar-refractivity contribution in [3.05, 3.63) is 0 Å². The summed E-state index contributed by atoms with van der Waals surface area (Å²) in [5, 5.41) is 0. The molecule has 1 saturated heterocycles. The molecule has 1 heterocycles. The number of carbonyl (C=O) groups is 2. The summed E-state index contributed by atoms with van der Waals surface area (Å²) in [4.78, 5) is 28.1. The lowest BCUT2D eigenvalue weighted by Gasteiger charge is -2.32. The lowest BCUT2D eigenvalue weighted by atomic mass is 9.94. The van der Waals surface area contributed by atoms with Crippen LogP contribution >= 0.6 is 0 Å². The number of nitrogens with zero attached hydrogens (tertiary/aromatic N) is 2. The maximum absolute atomic E-state index is 12.4. The first-order valence-corrected chi connectivity index (χ1v) is 8.08. The molecule has 0 aromatic rings. The van der Waals surface area contributed by atoms with Gasteiger partial charge in [0.05, 0.1) is 19.6 Å². The molecule has 2 aliphatic rings. The van der Waals surface area contributed by atoms with Crippen molar-refractivity contribution in [2.24, 2.45) is 11.8 Å². The monoisotopic (exact) mass is 296 g/mol. The number of likely N-dealkylation sites (tertiary alicyclic amines) is 1. The largest absolute Gasteiger partial charge is 0.469 e. The number of hydrogen-bond donors (Lipinski definition) is 0. The van der Waals surface area contributed by atoms with Gasteiger partial charge in [-0.05, 0) is 18.8 Å². The molecule has 1 aliphatic carbocycles. The van der Waals surface area contributed by atoms with E-state index in [1.54, 1.807) is 0 Å². The minimum absolute atomic E-state index is 0.0946. The van der Waals surface area contributed by atoms with E-state index in [9.17, 15) is 9.59 Å². The van der Waals surface area contributed by atoms with Crippen molar-refractivity contribution >= 4 is 11.9 Å². The van der Waals surface area contributed by atoms with Gasteiger partial charge < -0.3 is 9.64 Å². The summed E-state index contributed by atoms with van der Waals surface area (Å²) in [6.07, 6.45) is 6.01. The van der Waals surface area contributed by atoms with Gasteiger partial charge in [0.2, 0.25) is 5.91 Å². The van der Waals surface area contributed by atoms with Crippen LogP contribution in [0.4, 0.5) is 0 Å². The predicted octanol–water partition coefficient (Wildman–Crippen LogP) is 1.52. The third kappa shape index (κ3) is 3.96. The number of esters is 1. The van der Waals surface area contributed by atoms with Crippen LogP contribution in [0.1, 0.15) is 39.0 Å². The van der Waals surface area contributed by atoms with Crippen molar-refractivity contribution in [3.8, 4) is 0 Å². The maximum Gasteiger partial charge on any atom is 0.310 e. The SMILES string of the molecule is COC(=O)C1CN(CC(=O)N(C)C2CCCCC2)CC1C. The van der Waals surface area contributed by atoms with Crippen LogP contribution in [0.25, 0.3) is 0 Å². The van der Waals surface area contributed by atoms with Gasteiger partial charge in [0.1, 0.15) is 0 Å². The highest BCUT2D eigenvalue weighted by Gasteiger charge is 2.36. The number of rotatable bonds is 4. The lowest BCUT2D eigenvalue weighted by molar-refractivity contribution is -0.146. The Balaban J connectivity index is 1.84. The molecule has 21 heavy (non-hydrogen) atoms. The molecule has 0 aromatic heterocycles. The zero-order valence-electron chi connectivity index (χ0n) is 13.5.